The highest BCUT2D eigenvalue weighted by Gasteiger charge is 2.11. The Balaban J connectivity index is 2.04. The molecule has 0 N–H and O–H groups in total. The predicted octanol–water partition coefficient (Wildman–Crippen LogP) is 4.05. The fraction of sp³-hybridized carbons (Fsp3) is 0.176. The Bertz CT molecular complexity index is 869. The summed E-state index contributed by atoms with van der Waals surface area (Å²) in [7, 11) is 1.78. The molecule has 0 aliphatic heterocycles. The van der Waals surface area contributed by atoms with Crippen LogP contribution >= 0.6 is 15.9 Å². The van der Waals surface area contributed by atoms with E-state index in [1.807, 2.05) is 48.0 Å². The second kappa shape index (κ2) is 5.57. The first kappa shape index (κ1) is 14.8. The number of hydrogen-bond acceptors (Lipinski definition) is 2. The van der Waals surface area contributed by atoms with Gasteiger partial charge < -0.3 is 9.30 Å². The second-order valence-electron chi connectivity index (χ2n) is 5.32. The number of halogens is 1. The summed E-state index contributed by atoms with van der Waals surface area (Å²) in [6.45, 7) is 3.57. The molecule has 2 heterocycles. The van der Waals surface area contributed by atoms with E-state index in [0.29, 0.717) is 0 Å². The molecule has 4 nitrogen and oxygen atoms in total. The van der Waals surface area contributed by atoms with Gasteiger partial charge >= 0.3 is 0 Å². The average molecular weight is 358 g/mol. The molecule has 0 saturated heterocycles. The van der Waals surface area contributed by atoms with E-state index in [1.165, 1.54) is 0 Å². The summed E-state index contributed by atoms with van der Waals surface area (Å²) in [4.78, 5) is 17.8. The fourth-order valence-electron chi connectivity index (χ4n) is 2.46. The minimum atomic E-state index is 0.0217. The number of anilines is 1. The number of rotatable bonds is 2. The molecular formula is C17H16BrN3O. The minimum Gasteiger partial charge on any atom is -0.315 e. The largest absolute Gasteiger partial charge is 0.315 e. The monoisotopic (exact) mass is 357 g/mol. The molecule has 0 atom stereocenters. The van der Waals surface area contributed by atoms with Crippen LogP contribution in [0.3, 0.4) is 0 Å². The van der Waals surface area contributed by atoms with Crippen LogP contribution in [-0.4, -0.2) is 22.3 Å². The molecule has 0 unspecified atom stereocenters. The maximum absolute atomic E-state index is 11.5. The number of aryl methyl sites for hydroxylation is 1. The summed E-state index contributed by atoms with van der Waals surface area (Å²) in [5, 5.41) is 0. The zero-order valence-electron chi connectivity index (χ0n) is 12.7. The van der Waals surface area contributed by atoms with Crippen LogP contribution in [0.4, 0.5) is 5.69 Å². The maximum atomic E-state index is 11.5. The summed E-state index contributed by atoms with van der Waals surface area (Å²) >= 11 is 3.46. The molecule has 0 fully saturated rings. The van der Waals surface area contributed by atoms with Crippen molar-refractivity contribution in [1.29, 1.82) is 0 Å². The van der Waals surface area contributed by atoms with Crippen molar-refractivity contribution >= 4 is 33.2 Å². The SMILES string of the molecule is CC(=O)N(C)c1ccc(-c2cn3cc(Br)ccc3n2)cc1C. The van der Waals surface area contributed by atoms with Gasteiger partial charge in [0.15, 0.2) is 0 Å². The van der Waals surface area contributed by atoms with Crippen molar-refractivity contribution in [3.63, 3.8) is 0 Å². The Morgan fingerprint density at radius 2 is 2.00 bits per heavy atom. The molecule has 0 aliphatic carbocycles. The molecule has 0 aliphatic rings. The van der Waals surface area contributed by atoms with Gasteiger partial charge in [-0.3, -0.25) is 4.79 Å². The summed E-state index contributed by atoms with van der Waals surface area (Å²) in [5.74, 6) is 0.0217. The van der Waals surface area contributed by atoms with Crippen LogP contribution in [0.1, 0.15) is 12.5 Å². The number of amides is 1. The molecule has 0 spiro atoms. The van der Waals surface area contributed by atoms with Crippen molar-refractivity contribution in [3.05, 3.63) is 52.8 Å². The lowest BCUT2D eigenvalue weighted by Crippen LogP contribution is -2.23. The van der Waals surface area contributed by atoms with Gasteiger partial charge in [0.25, 0.3) is 0 Å². The van der Waals surface area contributed by atoms with E-state index in [1.54, 1.807) is 18.9 Å². The molecule has 22 heavy (non-hydrogen) atoms. The molecule has 5 heteroatoms. The average Bonchev–Trinajstić information content (AvgIpc) is 2.89. The number of fused-ring (bicyclic) bond motifs is 1. The van der Waals surface area contributed by atoms with E-state index in [4.69, 9.17) is 0 Å². The first-order valence-corrected chi connectivity index (χ1v) is 7.74. The number of carbonyl (C=O) groups excluding carboxylic acids is 1. The van der Waals surface area contributed by atoms with Crippen molar-refractivity contribution in [1.82, 2.24) is 9.38 Å². The Kier molecular flexibility index (Phi) is 3.74. The second-order valence-corrected chi connectivity index (χ2v) is 6.23. The molecule has 0 bridgehead atoms. The highest BCUT2D eigenvalue weighted by Crippen LogP contribution is 2.27. The molecule has 0 radical (unpaired) electrons. The Labute approximate surface area is 137 Å². The minimum absolute atomic E-state index is 0.0217. The first-order chi connectivity index (χ1) is 10.5. The van der Waals surface area contributed by atoms with E-state index in [9.17, 15) is 4.79 Å². The number of nitrogens with zero attached hydrogens (tertiary/aromatic N) is 3. The van der Waals surface area contributed by atoms with E-state index < -0.39 is 0 Å². The van der Waals surface area contributed by atoms with Gasteiger partial charge in [-0.25, -0.2) is 4.98 Å². The van der Waals surface area contributed by atoms with Crippen molar-refractivity contribution in [2.24, 2.45) is 0 Å². The van der Waals surface area contributed by atoms with Gasteiger partial charge in [0.05, 0.1) is 5.69 Å². The zero-order chi connectivity index (χ0) is 15.9. The topological polar surface area (TPSA) is 37.6 Å². The zero-order valence-corrected chi connectivity index (χ0v) is 14.3. The van der Waals surface area contributed by atoms with Crippen LogP contribution in [0.25, 0.3) is 16.9 Å². The molecule has 2 aromatic heterocycles. The Morgan fingerprint density at radius 3 is 2.68 bits per heavy atom. The van der Waals surface area contributed by atoms with Gasteiger partial charge in [0, 0.05) is 42.1 Å². The smallest absolute Gasteiger partial charge is 0.223 e. The van der Waals surface area contributed by atoms with Gasteiger partial charge in [-0.2, -0.15) is 0 Å². The molecular weight excluding hydrogens is 342 g/mol. The van der Waals surface area contributed by atoms with Crippen molar-refractivity contribution in [2.45, 2.75) is 13.8 Å². The highest BCUT2D eigenvalue weighted by molar-refractivity contribution is 9.10. The van der Waals surface area contributed by atoms with Gasteiger partial charge in [-0.1, -0.05) is 6.07 Å². The molecule has 112 valence electrons. The molecule has 0 saturated carbocycles. The normalized spacial score (nSPS) is 10.9. The molecule has 3 rings (SSSR count). The number of aromatic nitrogens is 2. The van der Waals surface area contributed by atoms with Gasteiger partial charge in [0.2, 0.25) is 5.91 Å². The van der Waals surface area contributed by atoms with Crippen molar-refractivity contribution in [3.8, 4) is 11.3 Å². The maximum Gasteiger partial charge on any atom is 0.223 e. The predicted molar refractivity (Wildman–Crippen MR) is 92.1 cm³/mol. The number of hydrogen-bond donors (Lipinski definition) is 0. The lowest BCUT2D eigenvalue weighted by atomic mass is 10.1. The number of pyridine rings is 1. The standard InChI is InChI=1S/C17H16BrN3O/c1-11-8-13(4-6-16(11)20(3)12(2)22)15-10-21-9-14(18)5-7-17(21)19-15/h4-10H,1-3H3. The fourth-order valence-corrected chi connectivity index (χ4v) is 2.82. The number of carbonyl (C=O) groups is 1. The summed E-state index contributed by atoms with van der Waals surface area (Å²) < 4.78 is 3.00. The van der Waals surface area contributed by atoms with Gasteiger partial charge in [-0.15, -0.1) is 0 Å². The molecule has 3 aromatic rings. The van der Waals surface area contributed by atoms with Crippen molar-refractivity contribution in [2.75, 3.05) is 11.9 Å². The van der Waals surface area contributed by atoms with Crippen LogP contribution in [0, 0.1) is 6.92 Å². The lowest BCUT2D eigenvalue weighted by Gasteiger charge is -2.18. The van der Waals surface area contributed by atoms with E-state index >= 15 is 0 Å². The molecule has 1 amide bonds. The van der Waals surface area contributed by atoms with E-state index in [2.05, 4.69) is 27.0 Å². The third-order valence-corrected chi connectivity index (χ3v) is 4.21. The van der Waals surface area contributed by atoms with Crippen molar-refractivity contribution < 1.29 is 4.79 Å². The quantitative estimate of drug-likeness (QED) is 0.693. The van der Waals surface area contributed by atoms with Crippen LogP contribution in [0.2, 0.25) is 0 Å². The summed E-state index contributed by atoms with van der Waals surface area (Å²) in [5.41, 5.74) is 4.83. The van der Waals surface area contributed by atoms with Crippen LogP contribution in [0.15, 0.2) is 47.2 Å². The van der Waals surface area contributed by atoms with Gasteiger partial charge in [-0.05, 0) is 52.7 Å². The number of imidazole rings is 1. The van der Waals surface area contributed by atoms with Crippen LogP contribution < -0.4 is 4.90 Å². The Morgan fingerprint density at radius 1 is 1.23 bits per heavy atom. The van der Waals surface area contributed by atoms with E-state index in [0.717, 1.165) is 32.6 Å². The molecule has 1 aromatic carbocycles. The van der Waals surface area contributed by atoms with Gasteiger partial charge in [0.1, 0.15) is 5.65 Å². The Hall–Kier alpha value is -2.14. The lowest BCUT2D eigenvalue weighted by molar-refractivity contribution is -0.116. The third-order valence-electron chi connectivity index (χ3n) is 3.74. The van der Waals surface area contributed by atoms with E-state index in [-0.39, 0.29) is 5.91 Å². The first-order valence-electron chi connectivity index (χ1n) is 6.95. The summed E-state index contributed by atoms with van der Waals surface area (Å²) in [6.07, 6.45) is 3.99. The third kappa shape index (κ3) is 2.64. The highest BCUT2D eigenvalue weighted by atomic mass is 79.9. The van der Waals surface area contributed by atoms with Crippen LogP contribution in [-0.2, 0) is 4.79 Å². The number of benzene rings is 1. The van der Waals surface area contributed by atoms with Crippen LogP contribution in [0.5, 0.6) is 0 Å². The summed E-state index contributed by atoms with van der Waals surface area (Å²) in [6, 6.07) is 9.97.